The van der Waals surface area contributed by atoms with Gasteiger partial charge in [0.25, 0.3) is 0 Å². The average molecular weight is 434 g/mol. The standard InChI is InChI=1S/C23H23N5O2S/c1-23(2)20-17(13-4-3-12(10-24)9-15(13)26-20)18(29)19-21(23)27-22(31-19)28-7-5-14-16(11-28)30-8-6-25-14/h3-4,9,14,16,25-26H,5-8,11H2,1-2H3/t14-,16-/m0/s1. The molecule has 4 heterocycles. The Labute approximate surface area is 184 Å². The lowest BCUT2D eigenvalue weighted by molar-refractivity contribution is -0.00903. The number of thiazole rings is 1. The normalized spacial score (nSPS) is 24.4. The average Bonchev–Trinajstić information content (AvgIpc) is 3.41. The molecule has 31 heavy (non-hydrogen) atoms. The molecule has 2 saturated heterocycles. The number of ketones is 1. The van der Waals surface area contributed by atoms with Gasteiger partial charge in [-0.2, -0.15) is 5.26 Å². The van der Waals surface area contributed by atoms with Crippen molar-refractivity contribution in [3.05, 3.63) is 45.6 Å². The summed E-state index contributed by atoms with van der Waals surface area (Å²) in [5.74, 6) is 0.0227. The number of hydrogen-bond donors (Lipinski definition) is 2. The summed E-state index contributed by atoms with van der Waals surface area (Å²) in [4.78, 5) is 25.0. The van der Waals surface area contributed by atoms with E-state index in [4.69, 9.17) is 9.72 Å². The first-order valence-electron chi connectivity index (χ1n) is 10.7. The van der Waals surface area contributed by atoms with E-state index in [1.165, 1.54) is 11.3 Å². The van der Waals surface area contributed by atoms with Crippen LogP contribution in [0.15, 0.2) is 18.2 Å². The molecular weight excluding hydrogens is 410 g/mol. The number of morpholine rings is 1. The summed E-state index contributed by atoms with van der Waals surface area (Å²) in [7, 11) is 0. The molecule has 0 unspecified atom stereocenters. The lowest BCUT2D eigenvalue weighted by Gasteiger charge is -2.41. The molecule has 158 valence electrons. The Balaban J connectivity index is 1.41. The molecule has 8 heteroatoms. The van der Waals surface area contributed by atoms with Crippen molar-refractivity contribution in [2.45, 2.75) is 37.8 Å². The molecular formula is C23H23N5O2S. The molecule has 2 aromatic heterocycles. The van der Waals surface area contributed by atoms with Crippen LogP contribution >= 0.6 is 11.3 Å². The fraction of sp³-hybridized carbons (Fsp3) is 0.435. The molecule has 2 aliphatic heterocycles. The van der Waals surface area contributed by atoms with Crippen molar-refractivity contribution in [1.29, 1.82) is 5.26 Å². The van der Waals surface area contributed by atoms with Gasteiger partial charge in [-0.05, 0) is 32.4 Å². The molecule has 1 aromatic carbocycles. The second-order valence-corrected chi connectivity index (χ2v) is 10.1. The molecule has 0 spiro atoms. The summed E-state index contributed by atoms with van der Waals surface area (Å²) in [6.45, 7) is 7.58. The van der Waals surface area contributed by atoms with E-state index < -0.39 is 5.41 Å². The zero-order valence-electron chi connectivity index (χ0n) is 17.5. The van der Waals surface area contributed by atoms with Gasteiger partial charge in [0.2, 0.25) is 5.78 Å². The number of aromatic nitrogens is 2. The Morgan fingerprint density at radius 2 is 2.26 bits per heavy atom. The first kappa shape index (κ1) is 19.0. The quantitative estimate of drug-likeness (QED) is 0.613. The van der Waals surface area contributed by atoms with E-state index in [-0.39, 0.29) is 11.9 Å². The van der Waals surface area contributed by atoms with Crippen molar-refractivity contribution >= 4 is 33.2 Å². The smallest absolute Gasteiger partial charge is 0.207 e. The van der Waals surface area contributed by atoms with Crippen LogP contribution in [0.2, 0.25) is 0 Å². The topological polar surface area (TPSA) is 94.0 Å². The van der Waals surface area contributed by atoms with E-state index >= 15 is 0 Å². The number of hydrogen-bond acceptors (Lipinski definition) is 7. The minimum absolute atomic E-state index is 0.0227. The first-order valence-corrected chi connectivity index (χ1v) is 11.5. The number of piperidine rings is 1. The number of ether oxygens (including phenoxy) is 1. The van der Waals surface area contributed by atoms with E-state index in [0.717, 1.165) is 65.0 Å². The number of carbonyl (C=O) groups is 1. The number of carbonyl (C=O) groups excluding carboxylic acids is 1. The fourth-order valence-corrected chi connectivity index (χ4v) is 6.38. The van der Waals surface area contributed by atoms with Gasteiger partial charge in [-0.25, -0.2) is 4.98 Å². The van der Waals surface area contributed by atoms with Crippen LogP contribution < -0.4 is 10.2 Å². The van der Waals surface area contributed by atoms with Crippen LogP contribution in [-0.4, -0.2) is 54.1 Å². The number of nitrogens with one attached hydrogen (secondary N) is 2. The maximum Gasteiger partial charge on any atom is 0.207 e. The summed E-state index contributed by atoms with van der Waals surface area (Å²) in [6.07, 6.45) is 1.18. The summed E-state index contributed by atoms with van der Waals surface area (Å²) in [5, 5.41) is 14.6. The highest BCUT2D eigenvalue weighted by molar-refractivity contribution is 7.18. The molecule has 3 aliphatic rings. The van der Waals surface area contributed by atoms with E-state index in [0.29, 0.717) is 17.2 Å². The Morgan fingerprint density at radius 3 is 3.10 bits per heavy atom. The molecule has 6 rings (SSSR count). The Kier molecular flexibility index (Phi) is 4.06. The molecule has 2 N–H and O–H groups in total. The number of rotatable bonds is 1. The van der Waals surface area contributed by atoms with Crippen LogP contribution in [0, 0.1) is 11.3 Å². The highest BCUT2D eigenvalue weighted by Gasteiger charge is 2.43. The Bertz CT molecular complexity index is 1270. The van der Waals surface area contributed by atoms with Crippen LogP contribution in [-0.2, 0) is 10.2 Å². The number of nitrogens with zero attached hydrogens (tertiary/aromatic N) is 3. The lowest BCUT2D eigenvalue weighted by atomic mass is 9.77. The maximum absolute atomic E-state index is 13.6. The van der Waals surface area contributed by atoms with Gasteiger partial charge in [-0.15, -0.1) is 0 Å². The molecule has 1 aliphatic carbocycles. The number of aromatic amines is 1. The van der Waals surface area contributed by atoms with Crippen molar-refractivity contribution in [1.82, 2.24) is 15.3 Å². The van der Waals surface area contributed by atoms with Gasteiger partial charge in [-0.3, -0.25) is 4.79 Å². The van der Waals surface area contributed by atoms with Gasteiger partial charge in [-0.1, -0.05) is 17.4 Å². The molecule has 3 aromatic rings. The van der Waals surface area contributed by atoms with Crippen molar-refractivity contribution < 1.29 is 9.53 Å². The molecule has 0 radical (unpaired) electrons. The largest absolute Gasteiger partial charge is 0.373 e. The van der Waals surface area contributed by atoms with Crippen LogP contribution in [0.25, 0.3) is 10.9 Å². The summed E-state index contributed by atoms with van der Waals surface area (Å²) < 4.78 is 5.98. The summed E-state index contributed by atoms with van der Waals surface area (Å²) >= 11 is 1.50. The van der Waals surface area contributed by atoms with Crippen molar-refractivity contribution in [2.75, 3.05) is 31.1 Å². The highest BCUT2D eigenvalue weighted by Crippen LogP contribution is 2.46. The van der Waals surface area contributed by atoms with Crippen molar-refractivity contribution in [2.24, 2.45) is 0 Å². The van der Waals surface area contributed by atoms with Crippen molar-refractivity contribution in [3.8, 4) is 6.07 Å². The molecule has 0 amide bonds. The SMILES string of the molecule is CC1(C)c2nc(N3CC[C@@H]4NCCO[C@H]4C3)sc2C(=O)c2c1[nH]c1cc(C#N)ccc21. The van der Waals surface area contributed by atoms with Crippen molar-refractivity contribution in [3.63, 3.8) is 0 Å². The van der Waals surface area contributed by atoms with Gasteiger partial charge >= 0.3 is 0 Å². The Hall–Kier alpha value is -2.73. The number of benzene rings is 1. The molecule has 2 fully saturated rings. The Morgan fingerprint density at radius 1 is 1.39 bits per heavy atom. The molecule has 0 saturated carbocycles. The van der Waals surface area contributed by atoms with Crippen LogP contribution in [0.4, 0.5) is 5.13 Å². The summed E-state index contributed by atoms with van der Waals surface area (Å²) in [5.41, 5.74) is 3.40. The maximum atomic E-state index is 13.6. The molecule has 2 atom stereocenters. The number of fused-ring (bicyclic) bond motifs is 5. The number of H-pyrrole nitrogens is 1. The van der Waals surface area contributed by atoms with E-state index in [1.807, 2.05) is 12.1 Å². The van der Waals surface area contributed by atoms with Gasteiger partial charge in [0.15, 0.2) is 5.13 Å². The third-order valence-corrected chi connectivity index (χ3v) is 7.98. The fourth-order valence-electron chi connectivity index (χ4n) is 5.17. The zero-order valence-corrected chi connectivity index (χ0v) is 18.3. The lowest BCUT2D eigenvalue weighted by Crippen LogP contribution is -2.57. The first-order chi connectivity index (χ1) is 15.0. The monoisotopic (exact) mass is 433 g/mol. The van der Waals surface area contributed by atoms with E-state index in [9.17, 15) is 10.1 Å². The van der Waals surface area contributed by atoms with Gasteiger partial charge in [0.05, 0.1) is 35.6 Å². The molecule has 0 bridgehead atoms. The third kappa shape index (κ3) is 2.70. The predicted octanol–water partition coefficient (Wildman–Crippen LogP) is 2.93. The zero-order chi connectivity index (χ0) is 21.3. The predicted molar refractivity (Wildman–Crippen MR) is 119 cm³/mol. The van der Waals surface area contributed by atoms with E-state index in [2.05, 4.69) is 35.1 Å². The summed E-state index contributed by atoms with van der Waals surface area (Å²) in [6, 6.07) is 8.04. The second kappa shape index (κ2) is 6.63. The number of anilines is 1. The minimum Gasteiger partial charge on any atom is -0.373 e. The second-order valence-electron chi connectivity index (χ2n) is 9.08. The van der Waals surface area contributed by atoms with Crippen LogP contribution in [0.3, 0.4) is 0 Å². The number of nitriles is 1. The minimum atomic E-state index is -0.430. The van der Waals surface area contributed by atoms with Gasteiger partial charge in [0.1, 0.15) is 4.88 Å². The van der Waals surface area contributed by atoms with Crippen LogP contribution in [0.1, 0.15) is 52.5 Å². The molecule has 7 nitrogen and oxygen atoms in total. The third-order valence-electron chi connectivity index (χ3n) is 6.86. The van der Waals surface area contributed by atoms with Gasteiger partial charge in [0, 0.05) is 47.7 Å². The highest BCUT2D eigenvalue weighted by atomic mass is 32.1. The van der Waals surface area contributed by atoms with E-state index in [1.54, 1.807) is 6.07 Å². The van der Waals surface area contributed by atoms with Crippen LogP contribution in [0.5, 0.6) is 0 Å². The van der Waals surface area contributed by atoms with Gasteiger partial charge < -0.3 is 19.9 Å².